The molecule has 3 aromatic rings. The summed E-state index contributed by atoms with van der Waals surface area (Å²) in [5.74, 6) is -0.0793. The lowest BCUT2D eigenvalue weighted by atomic mass is 10.1. The molecule has 0 spiro atoms. The summed E-state index contributed by atoms with van der Waals surface area (Å²) in [6.45, 7) is 11.1. The lowest BCUT2D eigenvalue weighted by Crippen LogP contribution is -2.47. The monoisotopic (exact) mass is 520 g/mol. The highest BCUT2D eigenvalue weighted by molar-refractivity contribution is 5.95. The van der Waals surface area contributed by atoms with Crippen LogP contribution < -0.4 is 14.2 Å². The Balaban J connectivity index is 1.44. The van der Waals surface area contributed by atoms with Crippen LogP contribution in [0.2, 0.25) is 0 Å². The molecule has 2 aromatic heterocycles. The van der Waals surface area contributed by atoms with Crippen molar-refractivity contribution in [3.63, 3.8) is 0 Å². The third kappa shape index (κ3) is 6.74. The minimum Gasteiger partial charge on any atom is -0.460 e. The molecule has 11 heteroatoms. The molecule has 1 aliphatic heterocycles. The number of hydrogen-bond acceptors (Lipinski definition) is 9. The number of rotatable bonds is 13. The van der Waals surface area contributed by atoms with Crippen LogP contribution >= 0.6 is 0 Å². The van der Waals surface area contributed by atoms with E-state index < -0.39 is 0 Å². The first-order chi connectivity index (χ1) is 18.6. The van der Waals surface area contributed by atoms with Gasteiger partial charge in [-0.05, 0) is 18.6 Å². The van der Waals surface area contributed by atoms with Crippen LogP contribution in [0.4, 0.5) is 0 Å². The van der Waals surface area contributed by atoms with Crippen molar-refractivity contribution < 1.29 is 23.7 Å². The van der Waals surface area contributed by atoms with Crippen LogP contribution in [-0.2, 0) is 11.2 Å². The minimum atomic E-state index is -0.377. The Labute approximate surface area is 221 Å². The Bertz CT molecular complexity index is 1200. The van der Waals surface area contributed by atoms with Gasteiger partial charge in [0.25, 0.3) is 5.91 Å². The second-order valence-electron chi connectivity index (χ2n) is 8.44. The van der Waals surface area contributed by atoms with Crippen LogP contribution in [0.25, 0.3) is 5.69 Å². The summed E-state index contributed by atoms with van der Waals surface area (Å²) in [6, 6.07) is 9.95. The summed E-state index contributed by atoms with van der Waals surface area (Å²) in [5, 5.41) is 4.53. The molecular formula is C27H32N6O5. The molecule has 1 unspecified atom stereocenters. The molecule has 1 aromatic carbocycles. The highest BCUT2D eigenvalue weighted by atomic mass is 16.6. The number of carbonyl (C=O) groups excluding carboxylic acids is 1. The number of hydrogen-bond donors (Lipinski definition) is 0. The van der Waals surface area contributed by atoms with Crippen molar-refractivity contribution in [3.05, 3.63) is 73.1 Å². The van der Waals surface area contributed by atoms with E-state index in [-0.39, 0.29) is 49.9 Å². The molecule has 3 heterocycles. The van der Waals surface area contributed by atoms with Crippen LogP contribution in [0.3, 0.4) is 0 Å². The highest BCUT2D eigenvalue weighted by Crippen LogP contribution is 2.21. The van der Waals surface area contributed by atoms with Crippen LogP contribution in [0.5, 0.6) is 18.0 Å². The van der Waals surface area contributed by atoms with Crippen LogP contribution in [0.1, 0.15) is 29.4 Å². The van der Waals surface area contributed by atoms with Gasteiger partial charge in [-0.2, -0.15) is 5.10 Å². The molecule has 1 fully saturated rings. The standard InChI is InChI=1S/C27H32N6O5/c1-4-10-23-22(17-28-33(23)20-11-8-7-9-12-20)24(34)32-13-16-35-21(18-32)19-38-27-30-25(36-14-5-2)29-26(31-27)37-15-6-3/h5-9,11-12,17,21H,2-4,10,13-16,18-19H2,1H3. The zero-order valence-electron chi connectivity index (χ0n) is 21.5. The van der Waals surface area contributed by atoms with Gasteiger partial charge in [0, 0.05) is 6.54 Å². The number of para-hydroxylation sites is 1. The fourth-order valence-electron chi connectivity index (χ4n) is 3.94. The lowest BCUT2D eigenvalue weighted by Gasteiger charge is -2.32. The van der Waals surface area contributed by atoms with E-state index in [9.17, 15) is 4.79 Å². The molecular weight excluding hydrogens is 488 g/mol. The van der Waals surface area contributed by atoms with Gasteiger partial charge in [0.2, 0.25) is 0 Å². The Morgan fingerprint density at radius 3 is 2.34 bits per heavy atom. The molecule has 11 nitrogen and oxygen atoms in total. The van der Waals surface area contributed by atoms with Gasteiger partial charge in [0.05, 0.1) is 36.3 Å². The molecule has 0 N–H and O–H groups in total. The van der Waals surface area contributed by atoms with Crippen molar-refractivity contribution in [2.24, 2.45) is 0 Å². The van der Waals surface area contributed by atoms with Gasteiger partial charge in [-0.3, -0.25) is 4.79 Å². The molecule has 38 heavy (non-hydrogen) atoms. The molecule has 0 aliphatic carbocycles. The van der Waals surface area contributed by atoms with Crippen LogP contribution in [0, 0.1) is 0 Å². The lowest BCUT2D eigenvalue weighted by molar-refractivity contribution is -0.0416. The molecule has 1 aliphatic rings. The van der Waals surface area contributed by atoms with Gasteiger partial charge >= 0.3 is 18.0 Å². The van der Waals surface area contributed by atoms with Crippen molar-refractivity contribution in [2.75, 3.05) is 39.5 Å². The summed E-state index contributed by atoms with van der Waals surface area (Å²) in [5.41, 5.74) is 2.42. The van der Waals surface area contributed by atoms with Gasteiger partial charge in [-0.15, -0.1) is 15.0 Å². The van der Waals surface area contributed by atoms with Gasteiger partial charge in [-0.1, -0.05) is 56.9 Å². The SMILES string of the molecule is C=CCOc1nc(OCC=C)nc(OCC2CN(C(=O)c3cnn(-c4ccccc4)c3CCC)CCO2)n1. The quantitative estimate of drug-likeness (QED) is 0.314. The molecule has 0 saturated carbocycles. The highest BCUT2D eigenvalue weighted by Gasteiger charge is 2.29. The van der Waals surface area contributed by atoms with Crippen molar-refractivity contribution in [1.29, 1.82) is 0 Å². The Morgan fingerprint density at radius 2 is 1.71 bits per heavy atom. The molecule has 200 valence electrons. The van der Waals surface area contributed by atoms with Gasteiger partial charge < -0.3 is 23.8 Å². The third-order valence-corrected chi connectivity index (χ3v) is 5.65. The Morgan fingerprint density at radius 1 is 1.05 bits per heavy atom. The van der Waals surface area contributed by atoms with Gasteiger partial charge in [-0.25, -0.2) is 4.68 Å². The zero-order valence-corrected chi connectivity index (χ0v) is 21.5. The summed E-state index contributed by atoms with van der Waals surface area (Å²) in [6.07, 6.45) is 6.05. The molecule has 0 radical (unpaired) electrons. The molecule has 4 rings (SSSR count). The smallest absolute Gasteiger partial charge is 0.326 e. The second kappa shape index (κ2) is 13.3. The topological polar surface area (TPSA) is 114 Å². The van der Waals surface area contributed by atoms with Gasteiger partial charge in [0.1, 0.15) is 25.9 Å². The fraction of sp³-hybridized carbons (Fsp3) is 0.370. The molecule has 1 saturated heterocycles. The average molecular weight is 521 g/mol. The number of morpholine rings is 1. The fourth-order valence-corrected chi connectivity index (χ4v) is 3.94. The van der Waals surface area contributed by atoms with E-state index in [0.717, 1.165) is 24.2 Å². The Hall–Kier alpha value is -4.25. The third-order valence-electron chi connectivity index (χ3n) is 5.65. The maximum Gasteiger partial charge on any atom is 0.326 e. The first-order valence-corrected chi connectivity index (χ1v) is 12.5. The predicted octanol–water partition coefficient (Wildman–Crippen LogP) is 3.06. The van der Waals surface area contributed by atoms with E-state index in [1.807, 2.05) is 35.0 Å². The van der Waals surface area contributed by atoms with Crippen LogP contribution in [-0.4, -0.2) is 81.2 Å². The summed E-state index contributed by atoms with van der Waals surface area (Å²) >= 11 is 0. The molecule has 0 bridgehead atoms. The normalized spacial score (nSPS) is 15.1. The second-order valence-corrected chi connectivity index (χ2v) is 8.44. The average Bonchev–Trinajstić information content (AvgIpc) is 3.37. The van der Waals surface area contributed by atoms with Gasteiger partial charge in [0.15, 0.2) is 0 Å². The number of nitrogens with zero attached hydrogens (tertiary/aromatic N) is 6. The largest absolute Gasteiger partial charge is 0.460 e. The van der Waals surface area contributed by atoms with E-state index in [2.05, 4.69) is 40.1 Å². The maximum atomic E-state index is 13.5. The maximum absolute atomic E-state index is 13.5. The van der Waals surface area contributed by atoms with E-state index in [0.29, 0.717) is 25.3 Å². The zero-order chi connectivity index (χ0) is 26.7. The first kappa shape index (κ1) is 26.8. The number of carbonyl (C=O) groups is 1. The van der Waals surface area contributed by atoms with E-state index >= 15 is 0 Å². The first-order valence-electron chi connectivity index (χ1n) is 12.5. The van der Waals surface area contributed by atoms with Crippen molar-refractivity contribution in [1.82, 2.24) is 29.6 Å². The molecule has 1 atom stereocenters. The van der Waals surface area contributed by atoms with Crippen molar-refractivity contribution >= 4 is 5.91 Å². The van der Waals surface area contributed by atoms with Crippen molar-refractivity contribution in [3.8, 4) is 23.7 Å². The predicted molar refractivity (Wildman–Crippen MR) is 140 cm³/mol. The van der Waals surface area contributed by atoms with Crippen LogP contribution in [0.15, 0.2) is 61.8 Å². The minimum absolute atomic E-state index is 0.0274. The summed E-state index contributed by atoms with van der Waals surface area (Å²) in [4.78, 5) is 27.7. The summed E-state index contributed by atoms with van der Waals surface area (Å²) < 4.78 is 24.3. The van der Waals surface area contributed by atoms with E-state index in [1.54, 1.807) is 23.2 Å². The number of ether oxygens (including phenoxy) is 4. The number of aromatic nitrogens is 5. The number of benzene rings is 1. The molecule has 1 amide bonds. The van der Waals surface area contributed by atoms with Crippen molar-refractivity contribution in [2.45, 2.75) is 25.9 Å². The summed E-state index contributed by atoms with van der Waals surface area (Å²) in [7, 11) is 0. The number of amides is 1. The van der Waals surface area contributed by atoms with E-state index in [4.69, 9.17) is 18.9 Å². The Kier molecular flexibility index (Phi) is 9.41. The van der Waals surface area contributed by atoms with E-state index in [1.165, 1.54) is 0 Å².